The molecule has 0 radical (unpaired) electrons. The van der Waals surface area contributed by atoms with Crippen LogP contribution in [0.3, 0.4) is 0 Å². The van der Waals surface area contributed by atoms with Crippen molar-refractivity contribution in [3.05, 3.63) is 54.1 Å². The number of benzene rings is 1. The maximum absolute atomic E-state index is 14.7. The Kier molecular flexibility index (Phi) is 7.52. The summed E-state index contributed by atoms with van der Waals surface area (Å²) in [7, 11) is 0. The van der Waals surface area contributed by atoms with E-state index in [1.54, 1.807) is 10.9 Å². The van der Waals surface area contributed by atoms with Gasteiger partial charge in [-0.3, -0.25) is 4.68 Å². The molecule has 0 aliphatic carbocycles. The summed E-state index contributed by atoms with van der Waals surface area (Å²) in [6.45, 7) is 6.85. The van der Waals surface area contributed by atoms with E-state index < -0.39 is 11.6 Å². The molecule has 0 N–H and O–H groups in total. The van der Waals surface area contributed by atoms with E-state index >= 15 is 0 Å². The minimum atomic E-state index is -0.687. The highest BCUT2D eigenvalue weighted by atomic mass is 19.1. The average Bonchev–Trinajstić information content (AvgIpc) is 3.32. The van der Waals surface area contributed by atoms with Crippen molar-refractivity contribution in [1.29, 1.82) is 0 Å². The highest BCUT2D eigenvalue weighted by molar-refractivity contribution is 5.63. The van der Waals surface area contributed by atoms with Crippen molar-refractivity contribution in [3.8, 4) is 16.9 Å². The number of anilines is 1. The van der Waals surface area contributed by atoms with Gasteiger partial charge in [0.15, 0.2) is 17.4 Å². The molecule has 0 unspecified atom stereocenters. The van der Waals surface area contributed by atoms with Gasteiger partial charge >= 0.3 is 0 Å². The Morgan fingerprint density at radius 3 is 2.33 bits per heavy atom. The number of ether oxygens (including phenoxy) is 1. The summed E-state index contributed by atoms with van der Waals surface area (Å²) in [5, 5.41) is 4.27. The Morgan fingerprint density at radius 2 is 1.70 bits per heavy atom. The first-order valence-corrected chi connectivity index (χ1v) is 11.8. The van der Waals surface area contributed by atoms with Crippen LogP contribution in [0, 0.1) is 17.6 Å². The van der Waals surface area contributed by atoms with Crippen LogP contribution in [0.15, 0.2) is 36.9 Å². The number of hydrogen-bond acceptors (Lipinski definition) is 5. The maximum Gasteiger partial charge on any atom is 0.225 e. The number of nitrogens with zero attached hydrogens (tertiary/aromatic N) is 5. The van der Waals surface area contributed by atoms with Crippen LogP contribution in [0.4, 0.5) is 14.7 Å². The Bertz CT molecular complexity index is 1020. The fraction of sp³-hybridized carbons (Fsp3) is 0.480. The van der Waals surface area contributed by atoms with E-state index in [0.717, 1.165) is 63.3 Å². The largest absolute Gasteiger partial charge is 0.487 e. The third-order valence-electron chi connectivity index (χ3n) is 6.17. The number of hydrogen-bond donors (Lipinski definition) is 0. The fourth-order valence-electron chi connectivity index (χ4n) is 4.01. The summed E-state index contributed by atoms with van der Waals surface area (Å²) < 4.78 is 36.8. The summed E-state index contributed by atoms with van der Waals surface area (Å²) >= 11 is 0. The summed E-state index contributed by atoms with van der Waals surface area (Å²) in [5.41, 5.74) is 2.27. The molecular formula is C25H31F2N5O. The lowest BCUT2D eigenvalue weighted by molar-refractivity contribution is 0.207. The molecule has 1 aliphatic rings. The molecule has 1 fully saturated rings. The van der Waals surface area contributed by atoms with Crippen LogP contribution in [0.1, 0.15) is 45.1 Å². The van der Waals surface area contributed by atoms with Crippen LogP contribution in [-0.4, -0.2) is 39.4 Å². The highest BCUT2D eigenvalue weighted by Crippen LogP contribution is 2.30. The van der Waals surface area contributed by atoms with Gasteiger partial charge in [-0.05, 0) is 54.9 Å². The van der Waals surface area contributed by atoms with E-state index in [2.05, 4.69) is 33.8 Å². The topological polar surface area (TPSA) is 56.1 Å². The van der Waals surface area contributed by atoms with Gasteiger partial charge in [0.2, 0.25) is 5.95 Å². The van der Waals surface area contributed by atoms with E-state index in [1.165, 1.54) is 12.1 Å². The van der Waals surface area contributed by atoms with Crippen molar-refractivity contribution in [1.82, 2.24) is 19.7 Å². The quantitative estimate of drug-likeness (QED) is 0.440. The second-order valence-electron chi connectivity index (χ2n) is 8.60. The molecule has 0 saturated carbocycles. The Labute approximate surface area is 193 Å². The number of rotatable bonds is 9. The van der Waals surface area contributed by atoms with Crippen molar-refractivity contribution in [2.45, 2.75) is 52.5 Å². The van der Waals surface area contributed by atoms with Crippen molar-refractivity contribution in [3.63, 3.8) is 0 Å². The number of halogens is 2. The molecule has 3 heterocycles. The molecule has 0 amide bonds. The molecule has 1 saturated heterocycles. The van der Waals surface area contributed by atoms with Crippen molar-refractivity contribution in [2.24, 2.45) is 5.92 Å². The van der Waals surface area contributed by atoms with Gasteiger partial charge in [-0.25, -0.2) is 18.7 Å². The molecule has 6 nitrogen and oxygen atoms in total. The second kappa shape index (κ2) is 10.7. The number of piperidine rings is 1. The molecule has 1 aromatic carbocycles. The molecule has 33 heavy (non-hydrogen) atoms. The van der Waals surface area contributed by atoms with Gasteiger partial charge in [0, 0.05) is 43.8 Å². The first kappa shape index (κ1) is 23.1. The SMILES string of the molecule is CCCCn1cc(-c2cc(F)c(OCC3CCN(c4ncc(CC)cn4)CC3)c(F)c2)cn1. The molecule has 0 spiro atoms. The van der Waals surface area contributed by atoms with Gasteiger partial charge in [-0.15, -0.1) is 0 Å². The van der Waals surface area contributed by atoms with Crippen LogP contribution >= 0.6 is 0 Å². The summed E-state index contributed by atoms with van der Waals surface area (Å²) in [4.78, 5) is 11.0. The Hall–Kier alpha value is -3.03. The second-order valence-corrected chi connectivity index (χ2v) is 8.60. The zero-order valence-corrected chi connectivity index (χ0v) is 19.3. The van der Waals surface area contributed by atoms with Crippen LogP contribution in [-0.2, 0) is 13.0 Å². The first-order valence-electron chi connectivity index (χ1n) is 11.8. The molecule has 176 valence electrons. The van der Waals surface area contributed by atoms with Crippen LogP contribution in [0.25, 0.3) is 11.1 Å². The van der Waals surface area contributed by atoms with Crippen molar-refractivity contribution < 1.29 is 13.5 Å². The monoisotopic (exact) mass is 455 g/mol. The molecule has 8 heteroatoms. The zero-order chi connectivity index (χ0) is 23.2. The normalized spacial score (nSPS) is 14.6. The van der Waals surface area contributed by atoms with Gasteiger partial charge in [-0.2, -0.15) is 5.10 Å². The molecule has 3 aromatic rings. The predicted molar refractivity (Wildman–Crippen MR) is 124 cm³/mol. The predicted octanol–water partition coefficient (Wildman–Crippen LogP) is 5.28. The van der Waals surface area contributed by atoms with Gasteiger partial charge in [0.25, 0.3) is 0 Å². The van der Waals surface area contributed by atoms with E-state index in [-0.39, 0.29) is 18.3 Å². The van der Waals surface area contributed by atoms with Gasteiger partial charge < -0.3 is 9.64 Å². The summed E-state index contributed by atoms with van der Waals surface area (Å²) in [5.74, 6) is -0.719. The van der Waals surface area contributed by atoms with E-state index in [1.807, 2.05) is 18.6 Å². The number of unbranched alkanes of at least 4 members (excludes halogenated alkanes) is 1. The molecular weight excluding hydrogens is 424 g/mol. The molecule has 0 bridgehead atoms. The maximum atomic E-state index is 14.7. The minimum absolute atomic E-state index is 0.228. The Morgan fingerprint density at radius 1 is 1.00 bits per heavy atom. The summed E-state index contributed by atoms with van der Waals surface area (Å²) in [6, 6.07) is 2.64. The average molecular weight is 456 g/mol. The number of aryl methyl sites for hydroxylation is 2. The summed E-state index contributed by atoms with van der Waals surface area (Å²) in [6.07, 6.45) is 11.9. The van der Waals surface area contributed by atoms with Crippen LogP contribution < -0.4 is 9.64 Å². The molecule has 4 rings (SSSR count). The van der Waals surface area contributed by atoms with E-state index in [4.69, 9.17) is 4.74 Å². The standard InChI is InChI=1S/C25H31F2N5O/c1-3-5-8-32-16-21(15-30-32)20-11-22(26)24(23(27)12-20)33-17-19-6-9-31(10-7-19)25-28-13-18(4-2)14-29-25/h11-16,19H,3-10,17H2,1-2H3. The van der Waals surface area contributed by atoms with Gasteiger partial charge in [0.05, 0.1) is 12.8 Å². The third-order valence-corrected chi connectivity index (χ3v) is 6.17. The van der Waals surface area contributed by atoms with Gasteiger partial charge in [-0.1, -0.05) is 20.3 Å². The molecule has 0 atom stereocenters. The zero-order valence-electron chi connectivity index (χ0n) is 19.3. The lowest BCUT2D eigenvalue weighted by atomic mass is 9.98. The molecule has 2 aromatic heterocycles. The number of aromatic nitrogens is 4. The lowest BCUT2D eigenvalue weighted by Gasteiger charge is -2.31. The van der Waals surface area contributed by atoms with Crippen LogP contribution in [0.5, 0.6) is 5.75 Å². The van der Waals surface area contributed by atoms with Crippen molar-refractivity contribution >= 4 is 5.95 Å². The lowest BCUT2D eigenvalue weighted by Crippen LogP contribution is -2.36. The highest BCUT2D eigenvalue weighted by Gasteiger charge is 2.23. The fourth-order valence-corrected chi connectivity index (χ4v) is 4.01. The molecule has 1 aliphatic heterocycles. The van der Waals surface area contributed by atoms with E-state index in [0.29, 0.717) is 11.1 Å². The first-order chi connectivity index (χ1) is 16.1. The van der Waals surface area contributed by atoms with E-state index in [9.17, 15) is 8.78 Å². The third kappa shape index (κ3) is 5.67. The van der Waals surface area contributed by atoms with Crippen molar-refractivity contribution in [2.75, 3.05) is 24.6 Å². The smallest absolute Gasteiger partial charge is 0.225 e. The van der Waals surface area contributed by atoms with Crippen LogP contribution in [0.2, 0.25) is 0 Å². The minimum Gasteiger partial charge on any atom is -0.487 e. The van der Waals surface area contributed by atoms with Gasteiger partial charge in [0.1, 0.15) is 0 Å². The Balaban J connectivity index is 1.32.